The van der Waals surface area contributed by atoms with Crippen LogP contribution in [0, 0.1) is 5.92 Å². The Hall–Kier alpha value is -0.610. The van der Waals surface area contributed by atoms with Crippen molar-refractivity contribution in [1.29, 1.82) is 0 Å². The maximum absolute atomic E-state index is 11.5. The first kappa shape index (κ1) is 12.5. The molecule has 1 rings (SSSR count). The minimum atomic E-state index is -0.125. The topological polar surface area (TPSA) is 64.3 Å². The summed E-state index contributed by atoms with van der Waals surface area (Å²) in [6, 6.07) is 0. The molecule has 0 heterocycles. The van der Waals surface area contributed by atoms with Crippen molar-refractivity contribution < 1.29 is 9.53 Å². The zero-order valence-corrected chi connectivity index (χ0v) is 9.71. The fraction of sp³-hybridized carbons (Fsp3) is 0.909. The van der Waals surface area contributed by atoms with Gasteiger partial charge in [-0.3, -0.25) is 4.79 Å². The lowest BCUT2D eigenvalue weighted by molar-refractivity contribution is -0.122. The van der Waals surface area contributed by atoms with Crippen LogP contribution in [0.5, 0.6) is 0 Å². The maximum Gasteiger partial charge on any atom is 0.220 e. The Balaban J connectivity index is 2.13. The summed E-state index contributed by atoms with van der Waals surface area (Å²) in [5.41, 5.74) is 5.88. The first-order valence-electron chi connectivity index (χ1n) is 5.60. The fourth-order valence-electron chi connectivity index (χ4n) is 1.81. The van der Waals surface area contributed by atoms with Gasteiger partial charge in [-0.25, -0.2) is 0 Å². The molecular weight excluding hydrogens is 192 g/mol. The Labute approximate surface area is 91.5 Å². The summed E-state index contributed by atoms with van der Waals surface area (Å²) in [7, 11) is 1.65. The van der Waals surface area contributed by atoms with Crippen molar-refractivity contribution in [3.8, 4) is 0 Å². The van der Waals surface area contributed by atoms with E-state index in [1.807, 2.05) is 6.92 Å². The Morgan fingerprint density at radius 3 is 2.73 bits per heavy atom. The van der Waals surface area contributed by atoms with Crippen LogP contribution in [0.25, 0.3) is 0 Å². The van der Waals surface area contributed by atoms with Crippen LogP contribution in [0.15, 0.2) is 0 Å². The predicted octanol–water partition coefficient (Wildman–Crippen LogP) is 0.657. The molecule has 0 aliphatic heterocycles. The van der Waals surface area contributed by atoms with Crippen molar-refractivity contribution >= 4 is 5.91 Å². The van der Waals surface area contributed by atoms with Gasteiger partial charge in [-0.1, -0.05) is 6.92 Å². The smallest absolute Gasteiger partial charge is 0.220 e. The summed E-state index contributed by atoms with van der Waals surface area (Å²) in [6.07, 6.45) is 3.76. The monoisotopic (exact) mass is 214 g/mol. The van der Waals surface area contributed by atoms with E-state index < -0.39 is 0 Å². The second-order valence-electron chi connectivity index (χ2n) is 4.76. The fourth-order valence-corrected chi connectivity index (χ4v) is 1.81. The first-order valence-corrected chi connectivity index (χ1v) is 5.60. The Morgan fingerprint density at radius 1 is 1.60 bits per heavy atom. The van der Waals surface area contributed by atoms with Gasteiger partial charge in [0.15, 0.2) is 0 Å². The number of hydrogen-bond donors (Lipinski definition) is 2. The third-order valence-corrected chi connectivity index (χ3v) is 2.97. The number of methoxy groups -OCH3 is 1. The lowest BCUT2D eigenvalue weighted by atomic mass is 9.78. The molecule has 1 unspecified atom stereocenters. The van der Waals surface area contributed by atoms with E-state index in [9.17, 15) is 4.79 Å². The zero-order chi connectivity index (χ0) is 11.3. The van der Waals surface area contributed by atoms with E-state index in [-0.39, 0.29) is 17.4 Å². The van der Waals surface area contributed by atoms with Gasteiger partial charge < -0.3 is 15.8 Å². The third-order valence-electron chi connectivity index (χ3n) is 2.97. The molecule has 88 valence electrons. The first-order chi connectivity index (χ1) is 7.06. The quantitative estimate of drug-likeness (QED) is 0.682. The molecule has 0 aromatic rings. The summed E-state index contributed by atoms with van der Waals surface area (Å²) < 4.78 is 4.98. The average molecular weight is 214 g/mol. The van der Waals surface area contributed by atoms with E-state index in [0.29, 0.717) is 19.6 Å². The molecule has 1 atom stereocenters. The van der Waals surface area contributed by atoms with Gasteiger partial charge in [-0.05, 0) is 25.2 Å². The Kier molecular flexibility index (Phi) is 4.54. The molecule has 0 aromatic heterocycles. The average Bonchev–Trinajstić information content (AvgIpc) is 2.12. The highest BCUT2D eigenvalue weighted by Crippen LogP contribution is 2.28. The molecule has 1 amide bonds. The molecule has 4 nitrogen and oxygen atoms in total. The molecule has 15 heavy (non-hydrogen) atoms. The van der Waals surface area contributed by atoms with Crippen LogP contribution < -0.4 is 11.1 Å². The van der Waals surface area contributed by atoms with Gasteiger partial charge in [0, 0.05) is 32.2 Å². The molecular formula is C11H22N2O2. The summed E-state index contributed by atoms with van der Waals surface area (Å²) in [5.74, 6) is 0.349. The lowest BCUT2D eigenvalue weighted by Gasteiger charge is -2.38. The number of carbonyl (C=O) groups excluding carboxylic acids is 1. The SMILES string of the molecule is COCC(C)CC(=O)NCC1(N)CCC1. The highest BCUT2D eigenvalue weighted by Gasteiger charge is 2.32. The predicted molar refractivity (Wildman–Crippen MR) is 59.4 cm³/mol. The van der Waals surface area contributed by atoms with Crippen LogP contribution in [-0.2, 0) is 9.53 Å². The minimum Gasteiger partial charge on any atom is -0.384 e. The molecule has 0 bridgehead atoms. The Morgan fingerprint density at radius 2 is 2.27 bits per heavy atom. The van der Waals surface area contributed by atoms with Crippen molar-refractivity contribution in [2.24, 2.45) is 11.7 Å². The zero-order valence-electron chi connectivity index (χ0n) is 9.71. The summed E-state index contributed by atoms with van der Waals surface area (Å²) in [4.78, 5) is 11.5. The van der Waals surface area contributed by atoms with Crippen molar-refractivity contribution in [3.63, 3.8) is 0 Å². The van der Waals surface area contributed by atoms with E-state index >= 15 is 0 Å². The molecule has 3 N–H and O–H groups in total. The van der Waals surface area contributed by atoms with Crippen LogP contribution in [0.2, 0.25) is 0 Å². The summed E-state index contributed by atoms with van der Waals surface area (Å²) in [6.45, 7) is 3.25. The van der Waals surface area contributed by atoms with E-state index in [4.69, 9.17) is 10.5 Å². The van der Waals surface area contributed by atoms with E-state index in [1.54, 1.807) is 7.11 Å². The molecule has 0 saturated heterocycles. The van der Waals surface area contributed by atoms with Crippen molar-refractivity contribution in [2.45, 2.75) is 38.1 Å². The number of nitrogens with two attached hydrogens (primary N) is 1. The molecule has 0 spiro atoms. The summed E-state index contributed by atoms with van der Waals surface area (Å²) >= 11 is 0. The summed E-state index contributed by atoms with van der Waals surface area (Å²) in [5, 5.41) is 2.89. The number of nitrogens with one attached hydrogen (secondary N) is 1. The Bertz CT molecular complexity index is 215. The van der Waals surface area contributed by atoms with Gasteiger partial charge in [0.2, 0.25) is 5.91 Å². The van der Waals surface area contributed by atoms with Crippen LogP contribution in [0.3, 0.4) is 0 Å². The van der Waals surface area contributed by atoms with Crippen LogP contribution in [0.4, 0.5) is 0 Å². The number of amides is 1. The van der Waals surface area contributed by atoms with Crippen molar-refractivity contribution in [1.82, 2.24) is 5.32 Å². The lowest BCUT2D eigenvalue weighted by Crippen LogP contribution is -2.55. The highest BCUT2D eigenvalue weighted by atomic mass is 16.5. The van der Waals surface area contributed by atoms with E-state index in [0.717, 1.165) is 12.8 Å². The second kappa shape index (κ2) is 5.47. The molecule has 1 aliphatic rings. The van der Waals surface area contributed by atoms with Gasteiger partial charge in [-0.15, -0.1) is 0 Å². The van der Waals surface area contributed by atoms with Gasteiger partial charge in [0.1, 0.15) is 0 Å². The highest BCUT2D eigenvalue weighted by molar-refractivity contribution is 5.76. The van der Waals surface area contributed by atoms with Crippen molar-refractivity contribution in [2.75, 3.05) is 20.3 Å². The molecule has 0 radical (unpaired) electrons. The van der Waals surface area contributed by atoms with Crippen molar-refractivity contribution in [3.05, 3.63) is 0 Å². The van der Waals surface area contributed by atoms with Gasteiger partial charge in [-0.2, -0.15) is 0 Å². The van der Waals surface area contributed by atoms with Gasteiger partial charge in [0.05, 0.1) is 0 Å². The maximum atomic E-state index is 11.5. The van der Waals surface area contributed by atoms with E-state index in [1.165, 1.54) is 6.42 Å². The van der Waals surface area contributed by atoms with Gasteiger partial charge >= 0.3 is 0 Å². The van der Waals surface area contributed by atoms with Crippen LogP contribution in [-0.4, -0.2) is 31.7 Å². The largest absolute Gasteiger partial charge is 0.384 e. The number of hydrogen-bond acceptors (Lipinski definition) is 3. The molecule has 1 aliphatic carbocycles. The van der Waals surface area contributed by atoms with Crippen LogP contribution >= 0.6 is 0 Å². The number of carbonyl (C=O) groups is 1. The normalized spacial score (nSPS) is 20.5. The molecule has 4 heteroatoms. The number of rotatable bonds is 6. The molecule has 1 fully saturated rings. The second-order valence-corrected chi connectivity index (χ2v) is 4.76. The minimum absolute atomic E-state index is 0.0799. The van der Waals surface area contributed by atoms with E-state index in [2.05, 4.69) is 5.32 Å². The van der Waals surface area contributed by atoms with Crippen LogP contribution in [0.1, 0.15) is 32.6 Å². The van der Waals surface area contributed by atoms with Gasteiger partial charge in [0.25, 0.3) is 0 Å². The molecule has 1 saturated carbocycles. The number of ether oxygens (including phenoxy) is 1. The third kappa shape index (κ3) is 4.18. The standard InChI is InChI=1S/C11H22N2O2/c1-9(7-15-2)6-10(14)13-8-11(12)4-3-5-11/h9H,3-8,12H2,1-2H3,(H,13,14). The molecule has 0 aromatic carbocycles.